The van der Waals surface area contributed by atoms with Crippen LogP contribution in [0.2, 0.25) is 0 Å². The average Bonchev–Trinajstić information content (AvgIpc) is 2.19. The second-order valence-corrected chi connectivity index (χ2v) is 2.91. The molecule has 3 heteroatoms. The van der Waals surface area contributed by atoms with E-state index in [9.17, 15) is 0 Å². The lowest BCUT2D eigenvalue weighted by molar-refractivity contribution is 0.397. The second kappa shape index (κ2) is 4.50. The molecule has 0 fully saturated rings. The Morgan fingerprint density at radius 2 is 2.38 bits per heavy atom. The van der Waals surface area contributed by atoms with Crippen LogP contribution in [0.3, 0.4) is 0 Å². The van der Waals surface area contributed by atoms with E-state index in [1.54, 1.807) is 6.21 Å². The van der Waals surface area contributed by atoms with E-state index in [0.717, 1.165) is 17.8 Å². The Kier molecular flexibility index (Phi) is 3.31. The van der Waals surface area contributed by atoms with Crippen LogP contribution in [0.1, 0.15) is 0 Å². The second-order valence-electron chi connectivity index (χ2n) is 2.91. The van der Waals surface area contributed by atoms with Crippen LogP contribution in [0.5, 0.6) is 0 Å². The molecule has 0 aromatic rings. The van der Waals surface area contributed by atoms with Crippen molar-refractivity contribution in [1.82, 2.24) is 10.3 Å². The van der Waals surface area contributed by atoms with Gasteiger partial charge in [0.1, 0.15) is 0 Å². The SMILES string of the molecule is C=C1/C=N\N(C)C/C=C\C(NC)=C/1. The van der Waals surface area contributed by atoms with Crippen LogP contribution in [0.4, 0.5) is 0 Å². The van der Waals surface area contributed by atoms with Crippen molar-refractivity contribution >= 4 is 6.21 Å². The third-order valence-electron chi connectivity index (χ3n) is 1.72. The third kappa shape index (κ3) is 3.15. The molecule has 70 valence electrons. The van der Waals surface area contributed by atoms with Crippen molar-refractivity contribution in [2.75, 3.05) is 20.6 Å². The molecule has 0 aliphatic carbocycles. The smallest absolute Gasteiger partial charge is 0.0541 e. The predicted octanol–water partition coefficient (Wildman–Crippen LogP) is 1.13. The lowest BCUT2D eigenvalue weighted by Crippen LogP contribution is -2.10. The highest BCUT2D eigenvalue weighted by atomic mass is 15.4. The Balaban J connectivity index is 2.85. The zero-order valence-electron chi connectivity index (χ0n) is 8.12. The standard InChI is InChI=1S/C10H15N3/c1-9-7-10(11-2)5-4-6-13(3)12-8-9/h4-5,7-8,11H,1,6H2,2-3H3/b5-4-,10-7+,12-8-. The molecule has 0 saturated heterocycles. The van der Waals surface area contributed by atoms with E-state index in [2.05, 4.69) is 23.1 Å². The highest BCUT2D eigenvalue weighted by Gasteiger charge is 1.94. The van der Waals surface area contributed by atoms with Gasteiger partial charge in [-0.25, -0.2) is 0 Å². The Morgan fingerprint density at radius 1 is 1.62 bits per heavy atom. The van der Waals surface area contributed by atoms with E-state index in [-0.39, 0.29) is 0 Å². The first-order chi connectivity index (χ1) is 6.22. The Hall–Kier alpha value is -1.51. The molecule has 0 atom stereocenters. The van der Waals surface area contributed by atoms with Crippen molar-refractivity contribution < 1.29 is 0 Å². The molecule has 0 amide bonds. The average molecular weight is 177 g/mol. The van der Waals surface area contributed by atoms with Crippen LogP contribution < -0.4 is 5.32 Å². The van der Waals surface area contributed by atoms with Crippen molar-refractivity contribution in [3.63, 3.8) is 0 Å². The lowest BCUT2D eigenvalue weighted by Gasteiger charge is -2.07. The van der Waals surface area contributed by atoms with Crippen LogP contribution in [0, 0.1) is 0 Å². The number of likely N-dealkylation sites (N-methyl/N-ethyl adjacent to an activating group) is 2. The van der Waals surface area contributed by atoms with E-state index < -0.39 is 0 Å². The quantitative estimate of drug-likeness (QED) is 0.650. The molecule has 0 saturated carbocycles. The van der Waals surface area contributed by atoms with Gasteiger partial charge in [0.2, 0.25) is 0 Å². The normalized spacial score (nSPS) is 26.5. The molecule has 13 heavy (non-hydrogen) atoms. The van der Waals surface area contributed by atoms with E-state index in [1.165, 1.54) is 0 Å². The Morgan fingerprint density at radius 3 is 3.08 bits per heavy atom. The number of nitrogens with one attached hydrogen (secondary N) is 1. The summed E-state index contributed by atoms with van der Waals surface area (Å²) in [6.07, 6.45) is 7.79. The number of rotatable bonds is 1. The topological polar surface area (TPSA) is 27.6 Å². The summed E-state index contributed by atoms with van der Waals surface area (Å²) in [4.78, 5) is 0. The van der Waals surface area contributed by atoms with Crippen molar-refractivity contribution in [3.05, 3.63) is 36.1 Å². The van der Waals surface area contributed by atoms with Crippen molar-refractivity contribution in [2.45, 2.75) is 0 Å². The molecule has 1 rings (SSSR count). The number of allylic oxidation sites excluding steroid dienone is 3. The first kappa shape index (κ1) is 9.58. The highest BCUT2D eigenvalue weighted by molar-refractivity contribution is 5.81. The maximum absolute atomic E-state index is 4.18. The Labute approximate surface area is 79.1 Å². The summed E-state index contributed by atoms with van der Waals surface area (Å²) in [6, 6.07) is 0. The fourth-order valence-corrected chi connectivity index (χ4v) is 0.993. The fourth-order valence-electron chi connectivity index (χ4n) is 0.993. The largest absolute Gasteiger partial charge is 0.388 e. The zero-order valence-corrected chi connectivity index (χ0v) is 8.12. The first-order valence-corrected chi connectivity index (χ1v) is 4.22. The summed E-state index contributed by atoms with van der Waals surface area (Å²) in [6.45, 7) is 4.67. The van der Waals surface area contributed by atoms with Gasteiger partial charge in [0, 0.05) is 19.8 Å². The summed E-state index contributed by atoms with van der Waals surface area (Å²) in [5.41, 5.74) is 1.94. The molecule has 1 aliphatic rings. The molecule has 0 bridgehead atoms. The summed E-state index contributed by atoms with van der Waals surface area (Å²) in [7, 11) is 3.82. The van der Waals surface area contributed by atoms with Gasteiger partial charge in [0.25, 0.3) is 0 Å². The van der Waals surface area contributed by atoms with Gasteiger partial charge in [-0.1, -0.05) is 12.7 Å². The number of hydrogen-bond acceptors (Lipinski definition) is 3. The molecule has 0 aromatic carbocycles. The van der Waals surface area contributed by atoms with E-state index in [0.29, 0.717) is 0 Å². The van der Waals surface area contributed by atoms with E-state index in [4.69, 9.17) is 0 Å². The lowest BCUT2D eigenvalue weighted by atomic mass is 10.2. The summed E-state index contributed by atoms with van der Waals surface area (Å²) < 4.78 is 0. The minimum atomic E-state index is 0.808. The van der Waals surface area contributed by atoms with Crippen LogP contribution in [-0.4, -0.2) is 31.9 Å². The Bertz CT molecular complexity index is 274. The van der Waals surface area contributed by atoms with Crippen LogP contribution in [-0.2, 0) is 0 Å². The van der Waals surface area contributed by atoms with Crippen molar-refractivity contribution in [2.24, 2.45) is 5.10 Å². The predicted molar refractivity (Wildman–Crippen MR) is 56.5 cm³/mol. The van der Waals surface area contributed by atoms with Gasteiger partial charge in [-0.2, -0.15) is 5.10 Å². The highest BCUT2D eigenvalue weighted by Crippen LogP contribution is 2.00. The summed E-state index contributed by atoms with van der Waals surface area (Å²) in [5, 5.41) is 9.11. The van der Waals surface area contributed by atoms with Gasteiger partial charge < -0.3 is 5.32 Å². The van der Waals surface area contributed by atoms with Crippen molar-refractivity contribution in [1.29, 1.82) is 0 Å². The number of nitrogens with zero attached hydrogens (tertiary/aromatic N) is 2. The van der Waals surface area contributed by atoms with Crippen LogP contribution in [0.25, 0.3) is 0 Å². The van der Waals surface area contributed by atoms with Gasteiger partial charge in [0.15, 0.2) is 0 Å². The molecule has 0 radical (unpaired) electrons. The molecule has 1 aliphatic heterocycles. The van der Waals surface area contributed by atoms with Gasteiger partial charge >= 0.3 is 0 Å². The van der Waals surface area contributed by atoms with Gasteiger partial charge in [-0.3, -0.25) is 5.01 Å². The van der Waals surface area contributed by atoms with Gasteiger partial charge in [-0.05, 0) is 17.7 Å². The van der Waals surface area contributed by atoms with Gasteiger partial charge in [-0.15, -0.1) is 0 Å². The third-order valence-corrected chi connectivity index (χ3v) is 1.72. The maximum Gasteiger partial charge on any atom is 0.0541 e. The maximum atomic E-state index is 4.18. The molecular formula is C10H15N3. The molecule has 3 nitrogen and oxygen atoms in total. The summed E-state index contributed by atoms with van der Waals surface area (Å²) >= 11 is 0. The molecule has 0 unspecified atom stereocenters. The molecule has 1 heterocycles. The molecule has 1 N–H and O–H groups in total. The van der Waals surface area contributed by atoms with Crippen LogP contribution >= 0.6 is 0 Å². The molecule has 0 aromatic heterocycles. The molecule has 0 spiro atoms. The van der Waals surface area contributed by atoms with Crippen LogP contribution in [0.15, 0.2) is 41.2 Å². The summed E-state index contributed by atoms with van der Waals surface area (Å²) in [5.74, 6) is 0. The minimum Gasteiger partial charge on any atom is -0.388 e. The first-order valence-electron chi connectivity index (χ1n) is 4.22. The van der Waals surface area contributed by atoms with Gasteiger partial charge in [0.05, 0.1) is 12.8 Å². The minimum absolute atomic E-state index is 0.808. The monoisotopic (exact) mass is 177 g/mol. The number of hydrogen-bond donors (Lipinski definition) is 1. The molecular weight excluding hydrogens is 162 g/mol. The van der Waals surface area contributed by atoms with E-state index >= 15 is 0 Å². The fraction of sp³-hybridized carbons (Fsp3) is 0.300. The number of hydrazone groups is 1. The zero-order chi connectivity index (χ0) is 9.68. The van der Waals surface area contributed by atoms with Crippen molar-refractivity contribution in [3.8, 4) is 0 Å². The van der Waals surface area contributed by atoms with E-state index in [1.807, 2.05) is 31.3 Å².